The van der Waals surface area contributed by atoms with Gasteiger partial charge in [0.15, 0.2) is 5.82 Å². The number of carbonyl (C=O) groups excluding carboxylic acids is 1. The Hall–Kier alpha value is -1.50. The molecule has 1 unspecified atom stereocenters. The molecule has 0 saturated heterocycles. The second-order valence-corrected chi connectivity index (χ2v) is 3.72. The first-order chi connectivity index (χ1) is 7.65. The fourth-order valence-corrected chi connectivity index (χ4v) is 1.51. The molecule has 0 spiro atoms. The van der Waals surface area contributed by atoms with E-state index in [1.165, 1.54) is 6.39 Å². The second kappa shape index (κ2) is 6.16. The number of thiocarbonyl (C=S) groups is 1. The lowest BCUT2D eigenvalue weighted by Crippen LogP contribution is -2.38. The summed E-state index contributed by atoms with van der Waals surface area (Å²) in [5.74, 6) is 0.00226. The zero-order chi connectivity index (χ0) is 12.0. The maximum atomic E-state index is 11.6. The molecule has 1 aromatic rings. The summed E-state index contributed by atoms with van der Waals surface area (Å²) in [4.78, 5) is 15.7. The standard InChI is InChI=1S/C9H14N4O2S/c1-2-6(8(10)16)9(14)11-4-3-7-12-5-15-13-7/h5-6H,2-4H2,1H3,(H2,10,16)(H,11,14). The summed E-state index contributed by atoms with van der Waals surface area (Å²) in [5.41, 5.74) is 5.45. The van der Waals surface area contributed by atoms with E-state index in [0.29, 0.717) is 25.2 Å². The Labute approximate surface area is 98.6 Å². The molecule has 6 nitrogen and oxygen atoms in total. The highest BCUT2D eigenvalue weighted by Crippen LogP contribution is 2.02. The molecule has 1 aromatic heterocycles. The number of nitrogens with two attached hydrogens (primary N) is 1. The number of carbonyl (C=O) groups is 1. The molecule has 1 atom stereocenters. The minimum Gasteiger partial charge on any atom is -0.393 e. The Balaban J connectivity index is 2.32. The van der Waals surface area contributed by atoms with Crippen LogP contribution in [0.15, 0.2) is 10.9 Å². The van der Waals surface area contributed by atoms with Crippen molar-refractivity contribution in [1.29, 1.82) is 0 Å². The average molecular weight is 242 g/mol. The van der Waals surface area contributed by atoms with E-state index in [9.17, 15) is 4.79 Å². The van der Waals surface area contributed by atoms with E-state index in [2.05, 4.69) is 20.0 Å². The van der Waals surface area contributed by atoms with Crippen LogP contribution < -0.4 is 11.1 Å². The largest absolute Gasteiger partial charge is 0.393 e. The molecule has 1 heterocycles. The fraction of sp³-hybridized carbons (Fsp3) is 0.556. The van der Waals surface area contributed by atoms with Crippen molar-refractivity contribution >= 4 is 23.1 Å². The van der Waals surface area contributed by atoms with Crippen molar-refractivity contribution in [3.63, 3.8) is 0 Å². The van der Waals surface area contributed by atoms with E-state index >= 15 is 0 Å². The number of hydrogen-bond acceptors (Lipinski definition) is 5. The quantitative estimate of drug-likeness (QED) is 0.684. The first-order valence-electron chi connectivity index (χ1n) is 4.97. The Morgan fingerprint density at radius 1 is 1.75 bits per heavy atom. The van der Waals surface area contributed by atoms with Crippen LogP contribution in [0, 0.1) is 5.92 Å². The summed E-state index contributed by atoms with van der Waals surface area (Å²) in [6, 6.07) is 0. The smallest absolute Gasteiger partial charge is 0.229 e. The first kappa shape index (κ1) is 12.6. The molecule has 0 bridgehead atoms. The van der Waals surface area contributed by atoms with E-state index in [0.717, 1.165) is 0 Å². The van der Waals surface area contributed by atoms with Crippen LogP contribution >= 0.6 is 12.2 Å². The number of amides is 1. The van der Waals surface area contributed by atoms with E-state index < -0.39 is 5.92 Å². The average Bonchev–Trinajstić information content (AvgIpc) is 2.71. The molecule has 0 radical (unpaired) electrons. The van der Waals surface area contributed by atoms with E-state index in [1.807, 2.05) is 6.92 Å². The van der Waals surface area contributed by atoms with Crippen molar-refractivity contribution in [3.8, 4) is 0 Å². The number of rotatable bonds is 6. The van der Waals surface area contributed by atoms with Crippen molar-refractivity contribution in [2.24, 2.45) is 11.7 Å². The highest BCUT2D eigenvalue weighted by Gasteiger charge is 2.18. The summed E-state index contributed by atoms with van der Waals surface area (Å²) in [6.45, 7) is 2.31. The van der Waals surface area contributed by atoms with Crippen molar-refractivity contribution < 1.29 is 9.32 Å². The van der Waals surface area contributed by atoms with Crippen LogP contribution in [0.1, 0.15) is 19.2 Å². The van der Waals surface area contributed by atoms with Gasteiger partial charge in [0, 0.05) is 13.0 Å². The number of aromatic nitrogens is 2. The zero-order valence-corrected chi connectivity index (χ0v) is 9.79. The minimum atomic E-state index is -0.403. The molecule has 88 valence electrons. The Morgan fingerprint density at radius 2 is 2.50 bits per heavy atom. The summed E-state index contributed by atoms with van der Waals surface area (Å²) < 4.78 is 4.56. The molecule has 0 aliphatic carbocycles. The number of nitrogens with one attached hydrogen (secondary N) is 1. The molecular formula is C9H14N4O2S. The Kier molecular flexibility index (Phi) is 4.84. The molecule has 16 heavy (non-hydrogen) atoms. The van der Waals surface area contributed by atoms with Gasteiger partial charge in [-0.05, 0) is 6.42 Å². The van der Waals surface area contributed by atoms with Crippen molar-refractivity contribution in [1.82, 2.24) is 15.5 Å². The molecule has 0 saturated carbocycles. The molecule has 0 aromatic carbocycles. The van der Waals surface area contributed by atoms with E-state index in [-0.39, 0.29) is 10.9 Å². The fourth-order valence-electron chi connectivity index (χ4n) is 1.24. The number of hydrogen-bond donors (Lipinski definition) is 2. The monoisotopic (exact) mass is 242 g/mol. The normalized spacial score (nSPS) is 12.1. The molecule has 1 amide bonds. The summed E-state index contributed by atoms with van der Waals surface area (Å²) in [7, 11) is 0. The zero-order valence-electron chi connectivity index (χ0n) is 8.97. The summed E-state index contributed by atoms with van der Waals surface area (Å²) >= 11 is 4.80. The van der Waals surface area contributed by atoms with Crippen LogP contribution in [0.4, 0.5) is 0 Å². The third kappa shape index (κ3) is 3.58. The van der Waals surface area contributed by atoms with Crippen molar-refractivity contribution in [3.05, 3.63) is 12.2 Å². The lowest BCUT2D eigenvalue weighted by atomic mass is 10.1. The highest BCUT2D eigenvalue weighted by atomic mass is 32.1. The van der Waals surface area contributed by atoms with Crippen LogP contribution in [0.5, 0.6) is 0 Å². The van der Waals surface area contributed by atoms with Gasteiger partial charge in [-0.25, -0.2) is 0 Å². The SMILES string of the molecule is CCC(C(=O)NCCc1ncon1)C(N)=S. The Morgan fingerprint density at radius 3 is 3.00 bits per heavy atom. The maximum absolute atomic E-state index is 11.6. The first-order valence-corrected chi connectivity index (χ1v) is 5.38. The van der Waals surface area contributed by atoms with Gasteiger partial charge in [0.25, 0.3) is 0 Å². The lowest BCUT2D eigenvalue weighted by Gasteiger charge is -2.12. The molecule has 1 rings (SSSR count). The third-order valence-corrected chi connectivity index (χ3v) is 2.41. The van der Waals surface area contributed by atoms with Crippen LogP contribution in [0.25, 0.3) is 0 Å². The van der Waals surface area contributed by atoms with E-state index in [4.69, 9.17) is 18.0 Å². The molecule has 3 N–H and O–H groups in total. The maximum Gasteiger partial charge on any atom is 0.229 e. The van der Waals surface area contributed by atoms with Crippen molar-refractivity contribution in [2.45, 2.75) is 19.8 Å². The summed E-state index contributed by atoms with van der Waals surface area (Å²) in [6.07, 6.45) is 2.38. The molecule has 0 fully saturated rings. The second-order valence-electron chi connectivity index (χ2n) is 3.25. The lowest BCUT2D eigenvalue weighted by molar-refractivity contribution is -0.123. The minimum absolute atomic E-state index is 0.154. The van der Waals surface area contributed by atoms with Gasteiger partial charge in [-0.1, -0.05) is 24.3 Å². The predicted molar refractivity (Wildman–Crippen MR) is 61.6 cm³/mol. The van der Waals surface area contributed by atoms with Gasteiger partial charge in [-0.2, -0.15) is 4.98 Å². The van der Waals surface area contributed by atoms with Crippen LogP contribution in [0.2, 0.25) is 0 Å². The van der Waals surface area contributed by atoms with Gasteiger partial charge in [0.2, 0.25) is 12.3 Å². The van der Waals surface area contributed by atoms with Gasteiger partial charge in [-0.15, -0.1) is 0 Å². The van der Waals surface area contributed by atoms with Gasteiger partial charge >= 0.3 is 0 Å². The summed E-state index contributed by atoms with van der Waals surface area (Å²) in [5, 5.41) is 6.35. The third-order valence-electron chi connectivity index (χ3n) is 2.12. The Bertz CT molecular complexity index is 352. The van der Waals surface area contributed by atoms with Gasteiger partial charge < -0.3 is 15.6 Å². The highest BCUT2D eigenvalue weighted by molar-refractivity contribution is 7.80. The van der Waals surface area contributed by atoms with Crippen LogP contribution in [-0.4, -0.2) is 27.6 Å². The van der Waals surface area contributed by atoms with Crippen molar-refractivity contribution in [2.75, 3.05) is 6.54 Å². The molecule has 0 aliphatic heterocycles. The molecule has 0 aliphatic rings. The van der Waals surface area contributed by atoms with E-state index in [1.54, 1.807) is 0 Å². The van der Waals surface area contributed by atoms with Crippen LogP contribution in [-0.2, 0) is 11.2 Å². The van der Waals surface area contributed by atoms with Gasteiger partial charge in [-0.3, -0.25) is 4.79 Å². The van der Waals surface area contributed by atoms with Gasteiger partial charge in [0.1, 0.15) is 0 Å². The molecular weight excluding hydrogens is 228 g/mol. The molecule has 7 heteroatoms. The topological polar surface area (TPSA) is 94.0 Å². The predicted octanol–water partition coefficient (Wildman–Crippen LogP) is 0.0406. The van der Waals surface area contributed by atoms with Crippen LogP contribution in [0.3, 0.4) is 0 Å². The van der Waals surface area contributed by atoms with Gasteiger partial charge in [0.05, 0.1) is 10.9 Å². The number of nitrogens with zero attached hydrogens (tertiary/aromatic N) is 2.